The summed E-state index contributed by atoms with van der Waals surface area (Å²) < 4.78 is 17.1. The molecule has 0 aliphatic carbocycles. The van der Waals surface area contributed by atoms with Gasteiger partial charge in [0.05, 0.1) is 18.7 Å². The van der Waals surface area contributed by atoms with Gasteiger partial charge in [0.15, 0.2) is 11.5 Å². The zero-order valence-corrected chi connectivity index (χ0v) is 13.6. The molecule has 0 spiro atoms. The van der Waals surface area contributed by atoms with Gasteiger partial charge in [-0.15, -0.1) is 0 Å². The summed E-state index contributed by atoms with van der Waals surface area (Å²) in [5.74, 6) is 2.30. The molecule has 112 valence electrons. The fourth-order valence-electron chi connectivity index (χ4n) is 1.87. The third kappa shape index (κ3) is 4.29. The molecule has 0 aliphatic heterocycles. The van der Waals surface area contributed by atoms with Crippen molar-refractivity contribution in [1.82, 2.24) is 0 Å². The maximum absolute atomic E-state index is 5.70. The maximum atomic E-state index is 5.70. The van der Waals surface area contributed by atoms with Crippen LogP contribution in [0.25, 0.3) is 0 Å². The normalized spacial score (nSPS) is 10.0. The third-order valence-electron chi connectivity index (χ3n) is 2.91. The Balaban J connectivity index is 1.83. The molecular weight excluding hydrogens is 334 g/mol. The van der Waals surface area contributed by atoms with Crippen LogP contribution in [0.2, 0.25) is 0 Å². The van der Waals surface area contributed by atoms with Crippen molar-refractivity contribution < 1.29 is 14.2 Å². The van der Waals surface area contributed by atoms with Crippen molar-refractivity contribution in [2.75, 3.05) is 32.7 Å². The van der Waals surface area contributed by atoms with Crippen molar-refractivity contribution in [1.29, 1.82) is 0 Å². The molecule has 0 aromatic heterocycles. The second kappa shape index (κ2) is 7.78. The predicted octanol–water partition coefficient (Wildman–Crippen LogP) is 3.96. The largest absolute Gasteiger partial charge is 0.496 e. The van der Waals surface area contributed by atoms with Gasteiger partial charge in [-0.25, -0.2) is 0 Å². The molecule has 0 atom stereocenters. The van der Waals surface area contributed by atoms with Crippen molar-refractivity contribution in [2.45, 2.75) is 0 Å². The maximum Gasteiger partial charge on any atom is 0.161 e. The van der Waals surface area contributed by atoms with E-state index in [4.69, 9.17) is 14.2 Å². The number of nitrogens with one attached hydrogen (secondary N) is 1. The molecule has 2 rings (SSSR count). The minimum absolute atomic E-state index is 0.546. The molecule has 0 radical (unpaired) electrons. The van der Waals surface area contributed by atoms with Crippen molar-refractivity contribution >= 4 is 21.6 Å². The minimum Gasteiger partial charge on any atom is -0.496 e. The number of halogens is 1. The van der Waals surface area contributed by atoms with Crippen molar-refractivity contribution in [3.63, 3.8) is 0 Å². The first-order valence-corrected chi connectivity index (χ1v) is 7.37. The van der Waals surface area contributed by atoms with E-state index in [0.29, 0.717) is 13.2 Å². The molecule has 0 aliphatic rings. The number of rotatable bonds is 7. The van der Waals surface area contributed by atoms with Gasteiger partial charge in [-0.2, -0.15) is 0 Å². The highest BCUT2D eigenvalue weighted by molar-refractivity contribution is 9.10. The van der Waals surface area contributed by atoms with Gasteiger partial charge in [0.1, 0.15) is 12.4 Å². The van der Waals surface area contributed by atoms with Crippen LogP contribution < -0.4 is 19.5 Å². The Kier molecular flexibility index (Phi) is 5.75. The van der Waals surface area contributed by atoms with E-state index in [9.17, 15) is 0 Å². The summed E-state index contributed by atoms with van der Waals surface area (Å²) in [6, 6.07) is 13.5. The monoisotopic (exact) mass is 351 g/mol. The molecule has 0 saturated carbocycles. The van der Waals surface area contributed by atoms with Gasteiger partial charge in [0.2, 0.25) is 0 Å². The van der Waals surface area contributed by atoms with Gasteiger partial charge in [-0.3, -0.25) is 0 Å². The number of ether oxygens (including phenoxy) is 3. The van der Waals surface area contributed by atoms with Crippen LogP contribution in [0.3, 0.4) is 0 Å². The van der Waals surface area contributed by atoms with Crippen LogP contribution in [-0.2, 0) is 0 Å². The quantitative estimate of drug-likeness (QED) is 0.766. The highest BCUT2D eigenvalue weighted by Gasteiger charge is 2.03. The van der Waals surface area contributed by atoms with Crippen molar-refractivity contribution in [2.24, 2.45) is 0 Å². The van der Waals surface area contributed by atoms with E-state index < -0.39 is 0 Å². The lowest BCUT2D eigenvalue weighted by Crippen LogP contribution is -2.11. The molecule has 2 aromatic carbocycles. The number of benzene rings is 2. The molecular formula is C16H18BrNO3. The summed E-state index contributed by atoms with van der Waals surface area (Å²) in [5, 5.41) is 3.29. The molecule has 2 aromatic rings. The van der Waals surface area contributed by atoms with Crippen LogP contribution in [0.5, 0.6) is 17.2 Å². The van der Waals surface area contributed by atoms with Gasteiger partial charge in [-0.1, -0.05) is 12.1 Å². The van der Waals surface area contributed by atoms with E-state index in [1.165, 1.54) is 0 Å². The van der Waals surface area contributed by atoms with E-state index in [-0.39, 0.29) is 0 Å². The number of hydrogen-bond donors (Lipinski definition) is 1. The number of methoxy groups -OCH3 is 2. The Bertz CT molecular complexity index is 589. The summed E-state index contributed by atoms with van der Waals surface area (Å²) in [4.78, 5) is 0. The standard InChI is InChI=1S/C16H18BrNO3/c1-19-14-8-7-12(11-13(14)17)18-9-10-21-16-6-4-3-5-15(16)20-2/h3-8,11,18H,9-10H2,1-2H3. The van der Waals surface area contributed by atoms with Crippen molar-refractivity contribution in [3.05, 3.63) is 46.9 Å². The first-order valence-electron chi connectivity index (χ1n) is 6.58. The fourth-order valence-corrected chi connectivity index (χ4v) is 2.41. The van der Waals surface area contributed by atoms with Crippen LogP contribution in [0, 0.1) is 0 Å². The van der Waals surface area contributed by atoms with E-state index >= 15 is 0 Å². The SMILES string of the molecule is COc1ccc(NCCOc2ccccc2OC)cc1Br. The van der Waals surface area contributed by atoms with E-state index in [1.807, 2.05) is 42.5 Å². The number of hydrogen-bond acceptors (Lipinski definition) is 4. The molecule has 0 fully saturated rings. The average Bonchev–Trinajstić information content (AvgIpc) is 2.52. The first-order chi connectivity index (χ1) is 10.2. The third-order valence-corrected chi connectivity index (χ3v) is 3.53. The molecule has 0 saturated heterocycles. The molecule has 1 N–H and O–H groups in total. The van der Waals surface area contributed by atoms with Crippen LogP contribution in [0.15, 0.2) is 46.9 Å². The average molecular weight is 352 g/mol. The van der Waals surface area contributed by atoms with Crippen LogP contribution >= 0.6 is 15.9 Å². The van der Waals surface area contributed by atoms with Gasteiger partial charge >= 0.3 is 0 Å². The summed E-state index contributed by atoms with van der Waals surface area (Å²) >= 11 is 3.46. The van der Waals surface area contributed by atoms with Crippen molar-refractivity contribution in [3.8, 4) is 17.2 Å². The Labute approximate surface area is 133 Å². The summed E-state index contributed by atoms with van der Waals surface area (Å²) in [7, 11) is 3.28. The van der Waals surface area contributed by atoms with Gasteiger partial charge in [-0.05, 0) is 46.3 Å². The minimum atomic E-state index is 0.546. The Hall–Kier alpha value is -1.88. The second-order valence-electron chi connectivity index (χ2n) is 4.28. The van der Waals surface area contributed by atoms with E-state index in [2.05, 4.69) is 21.2 Å². The molecule has 0 amide bonds. The Morgan fingerprint density at radius 1 is 0.952 bits per heavy atom. The smallest absolute Gasteiger partial charge is 0.161 e. The highest BCUT2D eigenvalue weighted by atomic mass is 79.9. The van der Waals surface area contributed by atoms with Gasteiger partial charge in [0.25, 0.3) is 0 Å². The zero-order valence-electron chi connectivity index (χ0n) is 12.1. The zero-order chi connectivity index (χ0) is 15.1. The van der Waals surface area contributed by atoms with Crippen LogP contribution in [-0.4, -0.2) is 27.4 Å². The van der Waals surface area contributed by atoms with E-state index in [0.717, 1.165) is 27.4 Å². The fraction of sp³-hybridized carbons (Fsp3) is 0.250. The van der Waals surface area contributed by atoms with Crippen LogP contribution in [0.1, 0.15) is 0 Å². The molecule has 21 heavy (non-hydrogen) atoms. The lowest BCUT2D eigenvalue weighted by molar-refractivity contribution is 0.306. The summed E-state index contributed by atoms with van der Waals surface area (Å²) in [5.41, 5.74) is 1.01. The number of anilines is 1. The van der Waals surface area contributed by atoms with Gasteiger partial charge in [0, 0.05) is 12.2 Å². The lowest BCUT2D eigenvalue weighted by atomic mass is 10.3. The Morgan fingerprint density at radius 2 is 1.67 bits per heavy atom. The van der Waals surface area contributed by atoms with Crippen LogP contribution in [0.4, 0.5) is 5.69 Å². The topological polar surface area (TPSA) is 39.7 Å². The Morgan fingerprint density at radius 3 is 2.33 bits per heavy atom. The lowest BCUT2D eigenvalue weighted by Gasteiger charge is -2.12. The molecule has 5 heteroatoms. The molecule has 0 bridgehead atoms. The second-order valence-corrected chi connectivity index (χ2v) is 5.13. The predicted molar refractivity (Wildman–Crippen MR) is 87.7 cm³/mol. The van der Waals surface area contributed by atoms with Gasteiger partial charge < -0.3 is 19.5 Å². The first kappa shape index (κ1) is 15.5. The molecule has 4 nitrogen and oxygen atoms in total. The number of para-hydroxylation sites is 2. The van der Waals surface area contributed by atoms with E-state index in [1.54, 1.807) is 14.2 Å². The molecule has 0 heterocycles. The summed E-state index contributed by atoms with van der Waals surface area (Å²) in [6.45, 7) is 1.24. The molecule has 0 unspecified atom stereocenters. The highest BCUT2D eigenvalue weighted by Crippen LogP contribution is 2.28. The summed E-state index contributed by atoms with van der Waals surface area (Å²) in [6.07, 6.45) is 0.